The Morgan fingerprint density at radius 1 is 0.760 bits per heavy atom. The molecule has 15 heteroatoms. The molecule has 2 aromatic carbocycles. The fourth-order valence-electron chi connectivity index (χ4n) is 5.64. The lowest BCUT2D eigenvalue weighted by molar-refractivity contribution is 0.0691. The van der Waals surface area contributed by atoms with Crippen molar-refractivity contribution in [1.29, 1.82) is 0 Å². The Morgan fingerprint density at radius 2 is 1.30 bits per heavy atom. The van der Waals surface area contributed by atoms with Crippen molar-refractivity contribution in [2.24, 2.45) is 9.98 Å². The quantitative estimate of drug-likeness (QED) is 0.111. The number of aromatic amines is 2. The molecule has 2 aliphatic rings. The van der Waals surface area contributed by atoms with Gasteiger partial charge in [-0.1, -0.05) is 12.1 Å². The fourth-order valence-corrected chi connectivity index (χ4v) is 5.64. The van der Waals surface area contributed by atoms with Crippen LogP contribution >= 0.6 is 0 Å². The van der Waals surface area contributed by atoms with Crippen LogP contribution in [0.5, 0.6) is 0 Å². The van der Waals surface area contributed by atoms with E-state index in [4.69, 9.17) is 5.11 Å². The van der Waals surface area contributed by atoms with Crippen LogP contribution in [0.1, 0.15) is 49.7 Å². The topological polar surface area (TPSA) is 202 Å². The van der Waals surface area contributed by atoms with Crippen LogP contribution in [-0.4, -0.2) is 91.4 Å². The van der Waals surface area contributed by atoms with E-state index >= 15 is 0 Å². The van der Waals surface area contributed by atoms with E-state index in [1.807, 2.05) is 56.9 Å². The summed E-state index contributed by atoms with van der Waals surface area (Å²) in [6, 6.07) is 15.4. The van der Waals surface area contributed by atoms with Crippen LogP contribution in [0.15, 0.2) is 71.2 Å². The maximum absolute atomic E-state index is 12.4. The number of amides is 1. The van der Waals surface area contributed by atoms with Gasteiger partial charge in [-0.2, -0.15) is 0 Å². The Balaban J connectivity index is 0.000000161. The molecule has 252 valence electrons. The number of carbonyl (C=O) groups excluding carboxylic acids is 1. The lowest BCUT2D eigenvalue weighted by Crippen LogP contribution is -2.27. The van der Waals surface area contributed by atoms with E-state index in [1.54, 1.807) is 6.07 Å². The summed E-state index contributed by atoms with van der Waals surface area (Å²) in [5.41, 5.74) is 8.05. The third kappa shape index (κ3) is 7.02. The number of carboxylic acids is 1. The van der Waals surface area contributed by atoms with Gasteiger partial charge in [0.05, 0.1) is 23.9 Å². The van der Waals surface area contributed by atoms with Gasteiger partial charge < -0.3 is 35.9 Å². The molecule has 0 radical (unpaired) electrons. The summed E-state index contributed by atoms with van der Waals surface area (Å²) < 4.78 is 0. The SMILES string of the molecule is CN(C)CCCNC(=O)c1cc2c(Nc3ccc4c(c3)C=NC4)ncnc2[nH]1.O=C(O)c1cc2c(Nc3ccc4c(c3)C=NC4)ncnc2[nH]1. The number of aliphatic imine (C=N–C) groups is 2. The number of aromatic nitrogens is 6. The number of hydrogen-bond donors (Lipinski definition) is 6. The minimum absolute atomic E-state index is 0.0830. The monoisotopic (exact) mass is 670 g/mol. The maximum atomic E-state index is 12.4. The van der Waals surface area contributed by atoms with E-state index in [2.05, 4.69) is 66.8 Å². The molecule has 0 unspecified atom stereocenters. The van der Waals surface area contributed by atoms with E-state index in [9.17, 15) is 9.59 Å². The highest BCUT2D eigenvalue weighted by Gasteiger charge is 2.15. The minimum Gasteiger partial charge on any atom is -0.477 e. The van der Waals surface area contributed by atoms with E-state index in [0.717, 1.165) is 47.4 Å². The average molecular weight is 671 g/mol. The van der Waals surface area contributed by atoms with Crippen LogP contribution in [0, 0.1) is 0 Å². The molecule has 0 fully saturated rings. The van der Waals surface area contributed by atoms with Crippen LogP contribution in [0.25, 0.3) is 22.1 Å². The van der Waals surface area contributed by atoms with Crippen LogP contribution in [0.4, 0.5) is 23.0 Å². The zero-order valence-corrected chi connectivity index (χ0v) is 27.4. The molecule has 0 saturated carbocycles. The number of H-pyrrole nitrogens is 2. The van der Waals surface area contributed by atoms with Gasteiger partial charge in [-0.15, -0.1) is 0 Å². The minimum atomic E-state index is -1.03. The Morgan fingerprint density at radius 3 is 1.84 bits per heavy atom. The summed E-state index contributed by atoms with van der Waals surface area (Å²) in [5, 5.41) is 19.9. The van der Waals surface area contributed by atoms with E-state index < -0.39 is 5.97 Å². The standard InChI is InChI=1S/C20H23N7O.C15H11N5O2/c1-27(2)7-3-6-22-20(28)17-9-16-18(23-12-24-19(16)26-17)25-15-5-4-13-10-21-11-14(13)8-15;21-15(22)12-4-11-13(17-7-18-14(11)20-12)19-10-2-1-8-5-16-6-9(8)3-10/h4-5,8-9,11-12H,3,6-7,10H2,1-2H3,(H,22,28)(H2,23,24,25,26);1-4,6-7H,5H2,(H,21,22)(H2,17,18,19,20). The highest BCUT2D eigenvalue weighted by atomic mass is 16.4. The van der Waals surface area contributed by atoms with Crippen LogP contribution in [-0.2, 0) is 13.1 Å². The Kier molecular flexibility index (Phi) is 8.94. The summed E-state index contributed by atoms with van der Waals surface area (Å²) in [5.74, 6) is 0.0422. The first-order valence-corrected chi connectivity index (χ1v) is 15.9. The number of hydrogen-bond acceptors (Lipinski definition) is 11. The summed E-state index contributed by atoms with van der Waals surface area (Å²) in [7, 11) is 4.03. The fraction of sp³-hybridized carbons (Fsp3) is 0.200. The normalized spacial score (nSPS) is 12.5. The first kappa shape index (κ1) is 32.1. The van der Waals surface area contributed by atoms with Gasteiger partial charge >= 0.3 is 5.97 Å². The summed E-state index contributed by atoms with van der Waals surface area (Å²) >= 11 is 0. The van der Waals surface area contributed by atoms with Gasteiger partial charge in [-0.05, 0) is 85.7 Å². The van der Waals surface area contributed by atoms with Crippen molar-refractivity contribution in [2.75, 3.05) is 37.8 Å². The van der Waals surface area contributed by atoms with Crippen molar-refractivity contribution in [3.8, 4) is 0 Å². The molecule has 0 aliphatic carbocycles. The van der Waals surface area contributed by atoms with Gasteiger partial charge in [0.25, 0.3) is 5.91 Å². The molecule has 50 heavy (non-hydrogen) atoms. The predicted molar refractivity (Wildman–Crippen MR) is 192 cm³/mol. The average Bonchev–Trinajstić information content (AvgIpc) is 3.92. The molecule has 0 spiro atoms. The summed E-state index contributed by atoms with van der Waals surface area (Å²) in [6.07, 6.45) is 7.49. The molecule has 0 bridgehead atoms. The number of rotatable bonds is 10. The van der Waals surface area contributed by atoms with Crippen molar-refractivity contribution in [1.82, 2.24) is 40.1 Å². The van der Waals surface area contributed by atoms with E-state index in [1.165, 1.54) is 29.8 Å². The molecule has 0 atom stereocenters. The highest BCUT2D eigenvalue weighted by Crippen LogP contribution is 2.28. The molecule has 15 nitrogen and oxygen atoms in total. The number of carbonyl (C=O) groups is 2. The number of benzene rings is 2. The molecular formula is C35H34N12O3. The van der Waals surface area contributed by atoms with Crippen molar-refractivity contribution < 1.29 is 14.7 Å². The number of carboxylic acid groups (broad SMARTS) is 1. The third-order valence-electron chi connectivity index (χ3n) is 8.20. The highest BCUT2D eigenvalue weighted by molar-refractivity contribution is 6.01. The number of nitrogens with one attached hydrogen (secondary N) is 5. The van der Waals surface area contributed by atoms with Gasteiger partial charge in [0.1, 0.15) is 47.0 Å². The number of fused-ring (bicyclic) bond motifs is 4. The third-order valence-corrected chi connectivity index (χ3v) is 8.20. The molecule has 6 aromatic rings. The van der Waals surface area contributed by atoms with Gasteiger partial charge in [-0.3, -0.25) is 14.8 Å². The summed E-state index contributed by atoms with van der Waals surface area (Å²) in [4.78, 5) is 56.7. The Hall–Kier alpha value is -6.48. The summed E-state index contributed by atoms with van der Waals surface area (Å²) in [6.45, 7) is 3.00. The smallest absolute Gasteiger partial charge is 0.352 e. The van der Waals surface area contributed by atoms with Crippen molar-refractivity contribution in [2.45, 2.75) is 19.5 Å². The molecule has 6 heterocycles. The molecule has 2 aliphatic heterocycles. The second kappa shape index (κ2) is 13.9. The number of aromatic carboxylic acids is 1. The number of anilines is 4. The second-order valence-electron chi connectivity index (χ2n) is 12.1. The predicted octanol–water partition coefficient (Wildman–Crippen LogP) is 4.65. The molecule has 8 rings (SSSR count). The van der Waals surface area contributed by atoms with Crippen LogP contribution < -0.4 is 16.0 Å². The van der Waals surface area contributed by atoms with Gasteiger partial charge in [0, 0.05) is 30.3 Å². The van der Waals surface area contributed by atoms with Crippen molar-refractivity contribution in [3.63, 3.8) is 0 Å². The van der Waals surface area contributed by atoms with E-state index in [-0.39, 0.29) is 11.6 Å². The second-order valence-corrected chi connectivity index (χ2v) is 12.1. The van der Waals surface area contributed by atoms with Crippen LogP contribution in [0.3, 0.4) is 0 Å². The van der Waals surface area contributed by atoms with Crippen molar-refractivity contribution in [3.05, 3.63) is 94.8 Å². The Bertz CT molecular complexity index is 2290. The lowest BCUT2D eigenvalue weighted by Gasteiger charge is -2.09. The van der Waals surface area contributed by atoms with Crippen LogP contribution in [0.2, 0.25) is 0 Å². The van der Waals surface area contributed by atoms with Gasteiger partial charge in [0.2, 0.25) is 0 Å². The first-order chi connectivity index (χ1) is 24.3. The molecule has 4 aromatic heterocycles. The zero-order chi connectivity index (χ0) is 34.6. The maximum Gasteiger partial charge on any atom is 0.352 e. The van der Waals surface area contributed by atoms with Gasteiger partial charge in [0.15, 0.2) is 0 Å². The molecule has 1 amide bonds. The van der Waals surface area contributed by atoms with E-state index in [0.29, 0.717) is 47.1 Å². The molecule has 6 N–H and O–H groups in total. The van der Waals surface area contributed by atoms with Gasteiger partial charge in [-0.25, -0.2) is 24.7 Å². The Labute approximate surface area is 286 Å². The molecular weight excluding hydrogens is 636 g/mol. The molecule has 0 saturated heterocycles. The van der Waals surface area contributed by atoms with Crippen molar-refractivity contribution >= 4 is 69.4 Å². The lowest BCUT2D eigenvalue weighted by atomic mass is 10.1. The zero-order valence-electron chi connectivity index (χ0n) is 27.4. The largest absolute Gasteiger partial charge is 0.477 e. The first-order valence-electron chi connectivity index (χ1n) is 15.9. The number of nitrogens with zero attached hydrogens (tertiary/aromatic N) is 7.